The Morgan fingerprint density at radius 3 is 2.70 bits per heavy atom. The monoisotopic (exact) mass is 385 g/mol. The topological polar surface area (TPSA) is 79.4 Å². The van der Waals surface area contributed by atoms with E-state index in [0.717, 1.165) is 42.5 Å². The summed E-state index contributed by atoms with van der Waals surface area (Å²) >= 11 is 0. The van der Waals surface area contributed by atoms with Crippen molar-refractivity contribution in [3.05, 3.63) is 59.4 Å². The average molecular weight is 385 g/mol. The van der Waals surface area contributed by atoms with Crippen LogP contribution in [0.3, 0.4) is 0 Å². The van der Waals surface area contributed by atoms with Gasteiger partial charge in [-0.15, -0.1) is 0 Å². The number of aromatic nitrogens is 1. The second-order valence-corrected chi connectivity index (χ2v) is 9.15. The molecule has 142 valence electrons. The van der Waals surface area contributed by atoms with Crippen LogP contribution < -0.4 is 5.32 Å². The van der Waals surface area contributed by atoms with E-state index in [1.54, 1.807) is 22.6 Å². The van der Waals surface area contributed by atoms with Crippen molar-refractivity contribution in [2.45, 2.75) is 56.1 Å². The van der Waals surface area contributed by atoms with Crippen molar-refractivity contribution in [1.29, 1.82) is 0 Å². The van der Waals surface area contributed by atoms with Crippen molar-refractivity contribution in [2.75, 3.05) is 0 Å². The number of rotatable bonds is 6. The molecule has 1 atom stereocenters. The molecule has 7 heteroatoms. The summed E-state index contributed by atoms with van der Waals surface area (Å²) in [5, 5.41) is 2.92. The Labute approximate surface area is 159 Å². The van der Waals surface area contributed by atoms with Crippen LogP contribution in [0.4, 0.5) is 0 Å². The minimum Gasteiger partial charge on any atom is -0.350 e. The van der Waals surface area contributed by atoms with Crippen LogP contribution in [-0.2, 0) is 27.8 Å². The number of hydrogen-bond acceptors (Lipinski definition) is 4. The zero-order chi connectivity index (χ0) is 19.0. The van der Waals surface area contributed by atoms with Gasteiger partial charge < -0.3 is 5.32 Å². The van der Waals surface area contributed by atoms with Crippen molar-refractivity contribution in [1.82, 2.24) is 14.6 Å². The lowest BCUT2D eigenvalue weighted by Crippen LogP contribution is -2.33. The van der Waals surface area contributed by atoms with E-state index in [2.05, 4.69) is 10.3 Å². The molecule has 0 radical (unpaired) electrons. The number of amides is 1. The highest BCUT2D eigenvalue weighted by molar-refractivity contribution is 7.89. The normalized spacial score (nSPS) is 19.1. The molecule has 6 nitrogen and oxygen atoms in total. The summed E-state index contributed by atoms with van der Waals surface area (Å²) in [6.45, 7) is 1.76. The predicted octanol–water partition coefficient (Wildman–Crippen LogP) is 2.56. The molecule has 1 fully saturated rings. The predicted molar refractivity (Wildman–Crippen MR) is 101 cm³/mol. The molecule has 2 aromatic rings. The van der Waals surface area contributed by atoms with Crippen LogP contribution in [0.2, 0.25) is 0 Å². The quantitative estimate of drug-likeness (QED) is 0.829. The third-order valence-electron chi connectivity index (χ3n) is 5.18. The molecule has 0 aliphatic heterocycles. The molecule has 27 heavy (non-hydrogen) atoms. The molecular weight excluding hydrogens is 362 g/mol. The van der Waals surface area contributed by atoms with Gasteiger partial charge in [-0.3, -0.25) is 9.78 Å². The van der Waals surface area contributed by atoms with Gasteiger partial charge in [0.15, 0.2) is 0 Å². The molecule has 1 saturated carbocycles. The van der Waals surface area contributed by atoms with Crippen LogP contribution in [0.15, 0.2) is 47.5 Å². The number of carbonyl (C=O) groups excluding carboxylic acids is 1. The van der Waals surface area contributed by atoms with Crippen molar-refractivity contribution in [3.8, 4) is 0 Å². The number of benzene rings is 1. The van der Waals surface area contributed by atoms with E-state index in [-0.39, 0.29) is 24.5 Å². The second kappa shape index (κ2) is 7.05. The number of nitrogens with one attached hydrogen (secondary N) is 1. The number of aryl methyl sites for hydroxylation is 1. The number of sulfonamides is 1. The van der Waals surface area contributed by atoms with Crippen molar-refractivity contribution in [2.24, 2.45) is 0 Å². The van der Waals surface area contributed by atoms with Gasteiger partial charge in [0, 0.05) is 19.2 Å². The first-order chi connectivity index (χ1) is 12.9. The molecule has 0 saturated heterocycles. The molecule has 1 aromatic heterocycles. The Morgan fingerprint density at radius 2 is 2.04 bits per heavy atom. The fourth-order valence-corrected chi connectivity index (χ4v) is 5.39. The first kappa shape index (κ1) is 18.1. The molecule has 4 rings (SSSR count). The first-order valence-corrected chi connectivity index (χ1v) is 10.7. The standard InChI is InChI=1S/C20H23N3O3S/c1-14(24)22-20-10-6-15-5-9-18(12-19(15)20)27(25,26)23(17-7-8-17)13-16-4-2-3-11-21-16/h2-5,9,11-12,17,20H,6-8,10,13H2,1H3,(H,22,24)/t20-/m1/s1. The van der Waals surface area contributed by atoms with Gasteiger partial charge in [0.2, 0.25) is 15.9 Å². The van der Waals surface area contributed by atoms with E-state index in [0.29, 0.717) is 4.90 Å². The Kier molecular flexibility index (Phi) is 4.74. The number of nitrogens with zero attached hydrogens (tertiary/aromatic N) is 2. The number of carbonyl (C=O) groups is 1. The Balaban J connectivity index is 1.65. The third kappa shape index (κ3) is 3.75. The highest BCUT2D eigenvalue weighted by atomic mass is 32.2. The molecule has 1 amide bonds. The maximum absolute atomic E-state index is 13.4. The Bertz CT molecular complexity index is 956. The van der Waals surface area contributed by atoms with Gasteiger partial charge in [0.25, 0.3) is 0 Å². The summed E-state index contributed by atoms with van der Waals surface area (Å²) < 4.78 is 28.3. The largest absolute Gasteiger partial charge is 0.350 e. The minimum atomic E-state index is -3.63. The van der Waals surface area contributed by atoms with Crippen LogP contribution in [0.5, 0.6) is 0 Å². The number of pyridine rings is 1. The van der Waals surface area contributed by atoms with E-state index in [1.165, 1.54) is 6.92 Å². The zero-order valence-electron chi connectivity index (χ0n) is 15.3. The SMILES string of the molecule is CC(=O)N[C@@H]1CCc2ccc(S(=O)(=O)N(Cc3ccccn3)C3CC3)cc21. The van der Waals surface area contributed by atoms with Gasteiger partial charge in [-0.25, -0.2) is 8.42 Å². The Morgan fingerprint density at radius 1 is 1.22 bits per heavy atom. The molecule has 0 bridgehead atoms. The van der Waals surface area contributed by atoms with E-state index in [1.807, 2.05) is 24.3 Å². The average Bonchev–Trinajstić information content (AvgIpc) is 3.41. The molecule has 2 aliphatic rings. The van der Waals surface area contributed by atoms with Crippen LogP contribution in [0.25, 0.3) is 0 Å². The molecule has 1 aromatic carbocycles. The van der Waals surface area contributed by atoms with Crippen LogP contribution in [0.1, 0.15) is 49.0 Å². The van der Waals surface area contributed by atoms with Crippen molar-refractivity contribution in [3.63, 3.8) is 0 Å². The van der Waals surface area contributed by atoms with Crippen molar-refractivity contribution < 1.29 is 13.2 Å². The van der Waals surface area contributed by atoms with Crippen molar-refractivity contribution >= 4 is 15.9 Å². The third-order valence-corrected chi connectivity index (χ3v) is 7.07. The van der Waals surface area contributed by atoms with Crippen LogP contribution >= 0.6 is 0 Å². The smallest absolute Gasteiger partial charge is 0.243 e. The van der Waals surface area contributed by atoms with E-state index in [9.17, 15) is 13.2 Å². The summed E-state index contributed by atoms with van der Waals surface area (Å²) in [6.07, 6.45) is 5.09. The fraction of sp³-hybridized carbons (Fsp3) is 0.400. The molecule has 0 spiro atoms. The number of hydrogen-bond donors (Lipinski definition) is 1. The van der Waals surface area contributed by atoms with Crippen LogP contribution in [0, 0.1) is 0 Å². The lowest BCUT2D eigenvalue weighted by Gasteiger charge is -2.22. The van der Waals surface area contributed by atoms with Gasteiger partial charge in [-0.1, -0.05) is 12.1 Å². The Hall–Kier alpha value is -2.25. The second-order valence-electron chi connectivity index (χ2n) is 7.25. The van der Waals surface area contributed by atoms with Gasteiger partial charge in [-0.2, -0.15) is 4.31 Å². The molecule has 2 aliphatic carbocycles. The first-order valence-electron chi connectivity index (χ1n) is 9.27. The highest BCUT2D eigenvalue weighted by Gasteiger charge is 2.39. The van der Waals surface area contributed by atoms with Gasteiger partial charge >= 0.3 is 0 Å². The van der Waals surface area contributed by atoms with Crippen LogP contribution in [-0.4, -0.2) is 29.7 Å². The molecule has 1 heterocycles. The van der Waals surface area contributed by atoms with E-state index in [4.69, 9.17) is 0 Å². The fourth-order valence-electron chi connectivity index (χ4n) is 3.70. The number of fused-ring (bicyclic) bond motifs is 1. The highest BCUT2D eigenvalue weighted by Crippen LogP contribution is 2.37. The molecule has 1 N–H and O–H groups in total. The summed E-state index contributed by atoms with van der Waals surface area (Å²) in [5.41, 5.74) is 2.76. The van der Waals surface area contributed by atoms with Gasteiger partial charge in [0.05, 0.1) is 23.2 Å². The van der Waals surface area contributed by atoms with Gasteiger partial charge in [0.1, 0.15) is 0 Å². The summed E-state index contributed by atoms with van der Waals surface area (Å²) in [4.78, 5) is 16.0. The maximum Gasteiger partial charge on any atom is 0.243 e. The maximum atomic E-state index is 13.4. The lowest BCUT2D eigenvalue weighted by molar-refractivity contribution is -0.119. The molecule has 0 unspecified atom stereocenters. The lowest BCUT2D eigenvalue weighted by atomic mass is 10.1. The molecular formula is C20H23N3O3S. The summed E-state index contributed by atoms with van der Waals surface area (Å²) in [5.74, 6) is -0.101. The zero-order valence-corrected chi connectivity index (χ0v) is 16.1. The summed E-state index contributed by atoms with van der Waals surface area (Å²) in [6, 6.07) is 10.8. The van der Waals surface area contributed by atoms with E-state index < -0.39 is 10.0 Å². The summed E-state index contributed by atoms with van der Waals surface area (Å²) in [7, 11) is -3.63. The van der Waals surface area contributed by atoms with E-state index >= 15 is 0 Å². The van der Waals surface area contributed by atoms with Gasteiger partial charge in [-0.05, 0) is 61.1 Å². The minimum absolute atomic E-state index is 0.0383.